The molecule has 0 unspecified atom stereocenters. The number of hydrogen-bond acceptors (Lipinski definition) is 4. The fraction of sp³-hybridized carbons (Fsp3) is 0.294. The summed E-state index contributed by atoms with van der Waals surface area (Å²) >= 11 is 1.63. The zero-order chi connectivity index (χ0) is 16.9. The van der Waals surface area contributed by atoms with Crippen LogP contribution in [-0.4, -0.2) is 22.4 Å². The Kier molecular flexibility index (Phi) is 5.00. The average molecular weight is 344 g/mol. The van der Waals surface area contributed by atoms with Gasteiger partial charge < -0.3 is 15.1 Å². The van der Waals surface area contributed by atoms with Gasteiger partial charge in [0.2, 0.25) is 0 Å². The molecule has 3 heterocycles. The summed E-state index contributed by atoms with van der Waals surface area (Å²) in [6.45, 7) is 5.64. The summed E-state index contributed by atoms with van der Waals surface area (Å²) in [5.41, 5.74) is 2.97. The molecule has 2 amide bonds. The quantitative estimate of drug-likeness (QED) is 0.720. The number of hydrogen-bond donors (Lipinski definition) is 2. The molecule has 7 heteroatoms. The van der Waals surface area contributed by atoms with Crippen LogP contribution in [0.4, 0.5) is 4.79 Å². The fourth-order valence-electron chi connectivity index (χ4n) is 2.61. The Morgan fingerprint density at radius 2 is 2.17 bits per heavy atom. The molecule has 6 nitrogen and oxygen atoms in total. The molecule has 3 aromatic rings. The number of nitrogens with zero attached hydrogens (tertiary/aromatic N) is 2. The van der Waals surface area contributed by atoms with E-state index in [1.165, 1.54) is 0 Å². The summed E-state index contributed by atoms with van der Waals surface area (Å²) in [7, 11) is 0. The van der Waals surface area contributed by atoms with E-state index in [0.29, 0.717) is 19.6 Å². The van der Waals surface area contributed by atoms with Crippen molar-refractivity contribution in [3.8, 4) is 11.3 Å². The highest BCUT2D eigenvalue weighted by Gasteiger charge is 2.15. The summed E-state index contributed by atoms with van der Waals surface area (Å²) in [5.74, 6) is 0.818. The van der Waals surface area contributed by atoms with Gasteiger partial charge in [-0.2, -0.15) is 5.10 Å². The third-order valence-electron chi connectivity index (χ3n) is 3.76. The van der Waals surface area contributed by atoms with Crippen LogP contribution in [0.5, 0.6) is 0 Å². The van der Waals surface area contributed by atoms with Crippen LogP contribution in [-0.2, 0) is 13.1 Å². The molecular formula is C17H20N4O2S. The standard InChI is InChI=1S/C17H20N4O2S/c1-12-16(15-6-3-9-23-15)13(2)21(20-12)8-7-18-17(22)19-11-14-5-4-10-24-14/h3-6,9-10H,7-8,11H2,1-2H3,(H2,18,19,22). The zero-order valence-electron chi connectivity index (χ0n) is 13.7. The molecule has 0 fully saturated rings. The second-order valence-electron chi connectivity index (χ2n) is 5.44. The Morgan fingerprint density at radius 3 is 2.88 bits per heavy atom. The van der Waals surface area contributed by atoms with Gasteiger partial charge in [0.1, 0.15) is 5.76 Å². The number of nitrogens with one attached hydrogen (secondary N) is 2. The van der Waals surface area contributed by atoms with Crippen molar-refractivity contribution in [3.05, 3.63) is 52.2 Å². The van der Waals surface area contributed by atoms with Gasteiger partial charge in [0.15, 0.2) is 0 Å². The average Bonchev–Trinajstić information content (AvgIpc) is 3.28. The van der Waals surface area contributed by atoms with Crippen molar-refractivity contribution in [3.63, 3.8) is 0 Å². The van der Waals surface area contributed by atoms with Crippen molar-refractivity contribution in [1.29, 1.82) is 0 Å². The molecule has 0 aromatic carbocycles. The van der Waals surface area contributed by atoms with Crippen LogP contribution < -0.4 is 10.6 Å². The normalized spacial score (nSPS) is 10.8. The smallest absolute Gasteiger partial charge is 0.315 e. The minimum absolute atomic E-state index is 0.170. The number of furan rings is 1. The predicted molar refractivity (Wildman–Crippen MR) is 94.0 cm³/mol. The van der Waals surface area contributed by atoms with Gasteiger partial charge in [0.05, 0.1) is 30.6 Å². The first-order valence-electron chi connectivity index (χ1n) is 7.77. The first-order valence-corrected chi connectivity index (χ1v) is 8.65. The van der Waals surface area contributed by atoms with Crippen molar-refractivity contribution < 1.29 is 9.21 Å². The number of carbonyl (C=O) groups is 1. The van der Waals surface area contributed by atoms with E-state index in [1.807, 2.05) is 48.2 Å². The molecule has 0 atom stereocenters. The third-order valence-corrected chi connectivity index (χ3v) is 4.64. The molecule has 2 N–H and O–H groups in total. The van der Waals surface area contributed by atoms with Gasteiger partial charge in [0.25, 0.3) is 0 Å². The van der Waals surface area contributed by atoms with E-state index in [4.69, 9.17) is 4.42 Å². The topological polar surface area (TPSA) is 72.1 Å². The molecule has 0 bridgehead atoms. The van der Waals surface area contributed by atoms with E-state index in [-0.39, 0.29) is 6.03 Å². The lowest BCUT2D eigenvalue weighted by molar-refractivity contribution is 0.240. The lowest BCUT2D eigenvalue weighted by atomic mass is 10.1. The molecule has 3 rings (SSSR count). The SMILES string of the molecule is Cc1nn(CCNC(=O)NCc2cccs2)c(C)c1-c1ccco1. The van der Waals surface area contributed by atoms with E-state index < -0.39 is 0 Å². The van der Waals surface area contributed by atoms with Crippen LogP contribution in [0, 0.1) is 13.8 Å². The van der Waals surface area contributed by atoms with Gasteiger partial charge in [-0.15, -0.1) is 11.3 Å². The summed E-state index contributed by atoms with van der Waals surface area (Å²) in [6, 6.07) is 7.59. The third kappa shape index (κ3) is 3.68. The highest BCUT2D eigenvalue weighted by Crippen LogP contribution is 2.26. The van der Waals surface area contributed by atoms with Crippen molar-refractivity contribution >= 4 is 17.4 Å². The number of aromatic nitrogens is 2. The largest absolute Gasteiger partial charge is 0.464 e. The maximum absolute atomic E-state index is 11.8. The summed E-state index contributed by atoms with van der Waals surface area (Å²) in [5, 5.41) is 12.2. The van der Waals surface area contributed by atoms with E-state index in [0.717, 1.165) is 27.6 Å². The molecule has 24 heavy (non-hydrogen) atoms. The maximum Gasteiger partial charge on any atom is 0.315 e. The van der Waals surface area contributed by atoms with Gasteiger partial charge in [-0.3, -0.25) is 4.68 Å². The summed E-state index contributed by atoms with van der Waals surface area (Å²) in [6.07, 6.45) is 1.66. The van der Waals surface area contributed by atoms with Crippen molar-refractivity contribution in [2.45, 2.75) is 26.9 Å². The number of urea groups is 1. The maximum atomic E-state index is 11.8. The predicted octanol–water partition coefficient (Wildman–Crippen LogP) is 3.32. The second kappa shape index (κ2) is 7.35. The van der Waals surface area contributed by atoms with Gasteiger partial charge in [0, 0.05) is 17.1 Å². The van der Waals surface area contributed by atoms with E-state index in [2.05, 4.69) is 15.7 Å². The highest BCUT2D eigenvalue weighted by atomic mass is 32.1. The summed E-state index contributed by atoms with van der Waals surface area (Å²) < 4.78 is 7.37. The fourth-order valence-corrected chi connectivity index (χ4v) is 3.25. The molecule has 126 valence electrons. The van der Waals surface area contributed by atoms with Crippen LogP contribution in [0.2, 0.25) is 0 Å². The minimum atomic E-state index is -0.170. The highest BCUT2D eigenvalue weighted by molar-refractivity contribution is 7.09. The Morgan fingerprint density at radius 1 is 1.29 bits per heavy atom. The molecule has 0 saturated carbocycles. The molecule has 0 spiro atoms. The molecule has 0 aliphatic heterocycles. The Labute approximate surface area is 144 Å². The molecule has 3 aromatic heterocycles. The number of rotatable bonds is 6. The van der Waals surface area contributed by atoms with Crippen molar-refractivity contribution in [2.75, 3.05) is 6.54 Å². The Balaban J connectivity index is 1.52. The summed E-state index contributed by atoms with van der Waals surface area (Å²) in [4.78, 5) is 12.9. The first kappa shape index (κ1) is 16.3. The Bertz CT molecular complexity index is 791. The van der Waals surface area contributed by atoms with Crippen LogP contribution >= 0.6 is 11.3 Å². The van der Waals surface area contributed by atoms with Crippen LogP contribution in [0.1, 0.15) is 16.3 Å². The number of carbonyl (C=O) groups excluding carboxylic acids is 1. The minimum Gasteiger partial charge on any atom is -0.464 e. The van der Waals surface area contributed by atoms with Gasteiger partial charge in [-0.1, -0.05) is 6.07 Å². The molecular weight excluding hydrogens is 324 g/mol. The van der Waals surface area contributed by atoms with E-state index in [9.17, 15) is 4.79 Å². The van der Waals surface area contributed by atoms with Gasteiger partial charge in [-0.05, 0) is 37.4 Å². The van der Waals surface area contributed by atoms with Crippen LogP contribution in [0.3, 0.4) is 0 Å². The number of amides is 2. The second-order valence-corrected chi connectivity index (χ2v) is 6.47. The first-order chi connectivity index (χ1) is 11.6. The monoisotopic (exact) mass is 344 g/mol. The molecule has 0 aliphatic carbocycles. The number of aryl methyl sites for hydroxylation is 1. The number of thiophene rings is 1. The lowest BCUT2D eigenvalue weighted by Crippen LogP contribution is -2.36. The van der Waals surface area contributed by atoms with E-state index in [1.54, 1.807) is 17.6 Å². The molecule has 0 saturated heterocycles. The lowest BCUT2D eigenvalue weighted by Gasteiger charge is -2.08. The van der Waals surface area contributed by atoms with Crippen molar-refractivity contribution in [1.82, 2.24) is 20.4 Å². The van der Waals surface area contributed by atoms with Crippen LogP contribution in [0.25, 0.3) is 11.3 Å². The Hall–Kier alpha value is -2.54. The van der Waals surface area contributed by atoms with Gasteiger partial charge >= 0.3 is 6.03 Å². The van der Waals surface area contributed by atoms with E-state index >= 15 is 0 Å². The van der Waals surface area contributed by atoms with Gasteiger partial charge in [-0.25, -0.2) is 4.79 Å². The van der Waals surface area contributed by atoms with Crippen LogP contribution in [0.15, 0.2) is 40.3 Å². The molecule has 0 aliphatic rings. The van der Waals surface area contributed by atoms with Crippen molar-refractivity contribution in [2.24, 2.45) is 0 Å². The molecule has 0 radical (unpaired) electrons. The zero-order valence-corrected chi connectivity index (χ0v) is 14.5.